The van der Waals surface area contributed by atoms with E-state index in [-0.39, 0.29) is 24.0 Å². The van der Waals surface area contributed by atoms with Gasteiger partial charge in [0.1, 0.15) is 0 Å². The summed E-state index contributed by atoms with van der Waals surface area (Å²) in [6.45, 7) is 7.55. The van der Waals surface area contributed by atoms with Gasteiger partial charge < -0.3 is 24.8 Å². The molecule has 0 radical (unpaired) electrons. The molecule has 0 unspecified atom stereocenters. The first-order chi connectivity index (χ1) is 13.3. The normalized spacial score (nSPS) is 15.0. The van der Waals surface area contributed by atoms with Crippen LogP contribution in [-0.4, -0.2) is 57.6 Å². The van der Waals surface area contributed by atoms with Crippen molar-refractivity contribution < 1.29 is 14.2 Å². The summed E-state index contributed by atoms with van der Waals surface area (Å²) in [7, 11) is 1.77. The molecule has 1 aromatic rings. The monoisotopic (exact) mass is 506 g/mol. The highest BCUT2D eigenvalue weighted by molar-refractivity contribution is 14.0. The van der Waals surface area contributed by atoms with Crippen molar-refractivity contribution >= 4 is 29.9 Å². The zero-order chi connectivity index (χ0) is 19.2. The molecule has 1 aromatic heterocycles. The lowest BCUT2D eigenvalue weighted by Gasteiger charge is -2.21. The van der Waals surface area contributed by atoms with Crippen LogP contribution in [0.1, 0.15) is 38.2 Å². The van der Waals surface area contributed by atoms with Crippen molar-refractivity contribution in [3.8, 4) is 5.88 Å². The minimum Gasteiger partial charge on any atom is -0.477 e. The van der Waals surface area contributed by atoms with Gasteiger partial charge in [-0.3, -0.25) is 4.99 Å². The molecular weight excluding hydrogens is 471 g/mol. The second kappa shape index (κ2) is 15.8. The van der Waals surface area contributed by atoms with Gasteiger partial charge in [-0.25, -0.2) is 4.98 Å². The number of aromatic nitrogens is 1. The lowest BCUT2D eigenvalue weighted by atomic mass is 10.0. The smallest absolute Gasteiger partial charge is 0.218 e. The Morgan fingerprint density at radius 1 is 1.29 bits per heavy atom. The molecule has 0 atom stereocenters. The van der Waals surface area contributed by atoms with Gasteiger partial charge in [0.25, 0.3) is 0 Å². The van der Waals surface area contributed by atoms with Crippen LogP contribution >= 0.6 is 24.0 Å². The fraction of sp³-hybridized carbons (Fsp3) is 0.700. The van der Waals surface area contributed by atoms with E-state index in [1.807, 2.05) is 12.1 Å². The zero-order valence-electron chi connectivity index (χ0n) is 17.1. The van der Waals surface area contributed by atoms with E-state index in [9.17, 15) is 0 Å². The Kier molecular flexibility index (Phi) is 14.0. The van der Waals surface area contributed by atoms with Crippen molar-refractivity contribution in [2.75, 3.05) is 46.6 Å². The molecule has 7 nitrogen and oxygen atoms in total. The van der Waals surface area contributed by atoms with Crippen molar-refractivity contribution in [1.29, 1.82) is 0 Å². The third kappa shape index (κ3) is 9.88. The van der Waals surface area contributed by atoms with E-state index < -0.39 is 0 Å². The summed E-state index contributed by atoms with van der Waals surface area (Å²) in [6, 6.07) is 3.93. The molecule has 0 aliphatic carbocycles. The maximum absolute atomic E-state index is 5.79. The van der Waals surface area contributed by atoms with Crippen LogP contribution in [0, 0.1) is 5.92 Å². The molecule has 1 saturated heterocycles. The van der Waals surface area contributed by atoms with E-state index in [1.165, 1.54) is 0 Å². The molecule has 0 saturated carbocycles. The Morgan fingerprint density at radius 2 is 2.11 bits per heavy atom. The predicted octanol–water partition coefficient (Wildman–Crippen LogP) is 2.99. The van der Waals surface area contributed by atoms with E-state index in [0.717, 1.165) is 70.2 Å². The lowest BCUT2D eigenvalue weighted by molar-refractivity contribution is 0.0203. The Bertz CT molecular complexity index is 554. The highest BCUT2D eigenvalue weighted by Gasteiger charge is 2.13. The number of guanidine groups is 1. The lowest BCUT2D eigenvalue weighted by Crippen LogP contribution is -2.37. The number of hydrogen-bond donors (Lipinski definition) is 2. The fourth-order valence-corrected chi connectivity index (χ4v) is 2.83. The Hall–Kier alpha value is -1.13. The average molecular weight is 506 g/mol. The molecule has 0 amide bonds. The predicted molar refractivity (Wildman–Crippen MR) is 123 cm³/mol. The van der Waals surface area contributed by atoms with Crippen molar-refractivity contribution in [3.05, 3.63) is 23.9 Å². The van der Waals surface area contributed by atoms with Crippen LogP contribution in [0.25, 0.3) is 0 Å². The van der Waals surface area contributed by atoms with Gasteiger partial charge in [0.2, 0.25) is 5.88 Å². The molecule has 2 N–H and O–H groups in total. The molecular formula is C20H35IN4O3. The largest absolute Gasteiger partial charge is 0.477 e. The van der Waals surface area contributed by atoms with Crippen LogP contribution in [0.5, 0.6) is 5.88 Å². The summed E-state index contributed by atoms with van der Waals surface area (Å²) in [5.74, 6) is 2.11. The molecule has 1 aliphatic heterocycles. The fourth-order valence-electron chi connectivity index (χ4n) is 2.83. The SMILES string of the molecule is CCCOc1ncccc1CNC(=NC)NCCCOCC1CCOCC1.I. The summed E-state index contributed by atoms with van der Waals surface area (Å²) in [5, 5.41) is 6.63. The van der Waals surface area contributed by atoms with Crippen molar-refractivity contribution in [2.24, 2.45) is 10.9 Å². The van der Waals surface area contributed by atoms with Gasteiger partial charge >= 0.3 is 0 Å². The van der Waals surface area contributed by atoms with Gasteiger partial charge in [0, 0.05) is 58.3 Å². The molecule has 2 heterocycles. The molecule has 1 aliphatic rings. The molecule has 8 heteroatoms. The van der Waals surface area contributed by atoms with Gasteiger partial charge in [0.15, 0.2) is 5.96 Å². The Morgan fingerprint density at radius 3 is 2.86 bits per heavy atom. The number of halogens is 1. The quantitative estimate of drug-likeness (QED) is 0.208. The van der Waals surface area contributed by atoms with Gasteiger partial charge in [-0.05, 0) is 37.7 Å². The van der Waals surface area contributed by atoms with Crippen LogP contribution < -0.4 is 15.4 Å². The van der Waals surface area contributed by atoms with E-state index >= 15 is 0 Å². The van der Waals surface area contributed by atoms with Crippen LogP contribution in [-0.2, 0) is 16.0 Å². The molecule has 1 fully saturated rings. The summed E-state index contributed by atoms with van der Waals surface area (Å²) < 4.78 is 16.8. The first-order valence-electron chi connectivity index (χ1n) is 10.00. The van der Waals surface area contributed by atoms with E-state index in [0.29, 0.717) is 24.9 Å². The first-order valence-corrected chi connectivity index (χ1v) is 10.00. The highest BCUT2D eigenvalue weighted by atomic mass is 127. The average Bonchev–Trinajstić information content (AvgIpc) is 2.72. The van der Waals surface area contributed by atoms with Crippen LogP contribution in [0.2, 0.25) is 0 Å². The molecule has 0 aromatic carbocycles. The van der Waals surface area contributed by atoms with Crippen LogP contribution in [0.3, 0.4) is 0 Å². The Balaban J connectivity index is 0.00000392. The summed E-state index contributed by atoms with van der Waals surface area (Å²) in [5.41, 5.74) is 1.02. The van der Waals surface area contributed by atoms with Crippen molar-refractivity contribution in [2.45, 2.75) is 39.2 Å². The van der Waals surface area contributed by atoms with Crippen LogP contribution in [0.15, 0.2) is 23.3 Å². The number of nitrogens with one attached hydrogen (secondary N) is 2. The van der Waals surface area contributed by atoms with Gasteiger partial charge in [0.05, 0.1) is 6.61 Å². The third-order valence-electron chi connectivity index (χ3n) is 4.42. The summed E-state index contributed by atoms with van der Waals surface area (Å²) in [4.78, 5) is 8.57. The van der Waals surface area contributed by atoms with Gasteiger partial charge in [-0.15, -0.1) is 24.0 Å². The number of ether oxygens (including phenoxy) is 3. The third-order valence-corrected chi connectivity index (χ3v) is 4.42. The minimum absolute atomic E-state index is 0. The molecule has 0 spiro atoms. The van der Waals surface area contributed by atoms with E-state index in [1.54, 1.807) is 13.2 Å². The van der Waals surface area contributed by atoms with Crippen LogP contribution in [0.4, 0.5) is 0 Å². The van der Waals surface area contributed by atoms with E-state index in [4.69, 9.17) is 14.2 Å². The molecule has 0 bridgehead atoms. The number of nitrogens with zero attached hydrogens (tertiary/aromatic N) is 2. The number of hydrogen-bond acceptors (Lipinski definition) is 5. The molecule has 2 rings (SSSR count). The topological polar surface area (TPSA) is 77.0 Å². The standard InChI is InChI=1S/C20H34N4O3.HI/c1-3-11-27-19-18(6-4-9-22-19)15-24-20(21-2)23-10-5-12-26-16-17-7-13-25-14-8-17;/h4,6,9,17H,3,5,7-8,10-16H2,1-2H3,(H2,21,23,24);1H. The first kappa shape index (κ1) is 24.9. The van der Waals surface area contributed by atoms with Crippen molar-refractivity contribution in [3.63, 3.8) is 0 Å². The Labute approximate surface area is 186 Å². The number of aliphatic imine (C=N–C) groups is 1. The zero-order valence-corrected chi connectivity index (χ0v) is 19.4. The maximum Gasteiger partial charge on any atom is 0.218 e. The molecule has 160 valence electrons. The summed E-state index contributed by atoms with van der Waals surface area (Å²) in [6.07, 6.45) is 5.90. The number of rotatable bonds is 11. The maximum atomic E-state index is 5.79. The molecule has 28 heavy (non-hydrogen) atoms. The number of pyridine rings is 1. The van der Waals surface area contributed by atoms with Gasteiger partial charge in [-0.2, -0.15) is 0 Å². The van der Waals surface area contributed by atoms with Gasteiger partial charge in [-0.1, -0.05) is 13.0 Å². The highest BCUT2D eigenvalue weighted by Crippen LogP contribution is 2.15. The summed E-state index contributed by atoms with van der Waals surface area (Å²) >= 11 is 0. The second-order valence-electron chi connectivity index (χ2n) is 6.65. The van der Waals surface area contributed by atoms with Crippen molar-refractivity contribution in [1.82, 2.24) is 15.6 Å². The second-order valence-corrected chi connectivity index (χ2v) is 6.65. The van der Waals surface area contributed by atoms with E-state index in [2.05, 4.69) is 27.5 Å². The minimum atomic E-state index is 0.